The highest BCUT2D eigenvalue weighted by Crippen LogP contribution is 2.25. The van der Waals surface area contributed by atoms with Crippen LogP contribution in [0.15, 0.2) is 53.3 Å². The zero-order chi connectivity index (χ0) is 17.4. The summed E-state index contributed by atoms with van der Waals surface area (Å²) >= 11 is 0. The summed E-state index contributed by atoms with van der Waals surface area (Å²) in [5.41, 5.74) is 1.54. The fraction of sp³-hybridized carbons (Fsp3) is 0.200. The number of aromatic nitrogens is 3. The molecule has 0 bridgehead atoms. The molecule has 2 heterocycles. The van der Waals surface area contributed by atoms with Gasteiger partial charge in [-0.1, -0.05) is 36.4 Å². The van der Waals surface area contributed by atoms with Crippen molar-refractivity contribution in [3.63, 3.8) is 0 Å². The molecule has 0 aliphatic rings. The summed E-state index contributed by atoms with van der Waals surface area (Å²) in [6, 6.07) is 15.9. The summed E-state index contributed by atoms with van der Waals surface area (Å²) in [6.07, 6.45) is 0. The minimum Gasteiger partial charge on any atom is -0.491 e. The minimum absolute atomic E-state index is 0.0339. The van der Waals surface area contributed by atoms with Gasteiger partial charge in [-0.05, 0) is 31.4 Å². The molecule has 0 aliphatic heterocycles. The molecular weight excluding hydrogens is 314 g/mol. The van der Waals surface area contributed by atoms with Gasteiger partial charge in [0.15, 0.2) is 0 Å². The van der Waals surface area contributed by atoms with Gasteiger partial charge in [-0.3, -0.25) is 9.36 Å². The van der Waals surface area contributed by atoms with Gasteiger partial charge in [0, 0.05) is 11.1 Å². The van der Waals surface area contributed by atoms with E-state index in [2.05, 4.69) is 22.1 Å². The number of H-pyrrole nitrogens is 1. The fourth-order valence-electron chi connectivity index (χ4n) is 3.17. The van der Waals surface area contributed by atoms with Gasteiger partial charge < -0.3 is 9.72 Å². The Morgan fingerprint density at radius 1 is 1.08 bits per heavy atom. The SMILES string of the molecule is Cc1cc2c(=O)n(CCOc3cccc4ccccc34)c(C)nc2[nH]1. The fourth-order valence-corrected chi connectivity index (χ4v) is 3.17. The zero-order valence-corrected chi connectivity index (χ0v) is 14.2. The Bertz CT molecular complexity index is 1120. The van der Waals surface area contributed by atoms with Crippen LogP contribution in [0.3, 0.4) is 0 Å². The van der Waals surface area contributed by atoms with Gasteiger partial charge in [0.1, 0.15) is 23.8 Å². The van der Waals surface area contributed by atoms with Crippen molar-refractivity contribution in [2.24, 2.45) is 0 Å². The lowest BCUT2D eigenvalue weighted by Gasteiger charge is -2.12. The predicted molar refractivity (Wildman–Crippen MR) is 99.3 cm³/mol. The second-order valence-corrected chi connectivity index (χ2v) is 6.16. The van der Waals surface area contributed by atoms with Gasteiger partial charge in [-0.2, -0.15) is 0 Å². The molecule has 2 aromatic carbocycles. The van der Waals surface area contributed by atoms with Gasteiger partial charge >= 0.3 is 0 Å². The third-order valence-corrected chi connectivity index (χ3v) is 4.39. The van der Waals surface area contributed by atoms with E-state index in [0.29, 0.717) is 30.0 Å². The number of ether oxygens (including phenoxy) is 1. The van der Waals surface area contributed by atoms with Gasteiger partial charge in [-0.25, -0.2) is 4.98 Å². The lowest BCUT2D eigenvalue weighted by atomic mass is 10.1. The average Bonchev–Trinajstić information content (AvgIpc) is 2.98. The highest BCUT2D eigenvalue weighted by Gasteiger charge is 2.10. The normalized spacial score (nSPS) is 11.3. The summed E-state index contributed by atoms with van der Waals surface area (Å²) in [4.78, 5) is 20.3. The van der Waals surface area contributed by atoms with Crippen LogP contribution in [0.2, 0.25) is 0 Å². The molecule has 126 valence electrons. The van der Waals surface area contributed by atoms with E-state index in [-0.39, 0.29) is 5.56 Å². The first-order valence-electron chi connectivity index (χ1n) is 8.31. The number of aryl methyl sites for hydroxylation is 2. The monoisotopic (exact) mass is 333 g/mol. The van der Waals surface area contributed by atoms with Crippen molar-refractivity contribution < 1.29 is 4.74 Å². The van der Waals surface area contributed by atoms with Crippen LogP contribution in [-0.4, -0.2) is 21.1 Å². The molecule has 25 heavy (non-hydrogen) atoms. The Hall–Kier alpha value is -3.08. The Kier molecular flexibility index (Phi) is 3.76. The first-order valence-corrected chi connectivity index (χ1v) is 8.31. The van der Waals surface area contributed by atoms with E-state index in [4.69, 9.17) is 4.74 Å². The van der Waals surface area contributed by atoms with E-state index in [1.807, 2.05) is 50.2 Å². The largest absolute Gasteiger partial charge is 0.491 e. The molecule has 0 spiro atoms. The van der Waals surface area contributed by atoms with Crippen LogP contribution in [0.25, 0.3) is 21.8 Å². The van der Waals surface area contributed by atoms with Crippen LogP contribution in [-0.2, 0) is 6.54 Å². The Balaban J connectivity index is 1.59. The summed E-state index contributed by atoms with van der Waals surface area (Å²) in [5.74, 6) is 1.51. The number of nitrogens with zero attached hydrogens (tertiary/aromatic N) is 2. The molecule has 0 fully saturated rings. The highest BCUT2D eigenvalue weighted by molar-refractivity contribution is 5.88. The van der Waals surface area contributed by atoms with Crippen LogP contribution < -0.4 is 10.3 Å². The molecule has 2 aromatic heterocycles. The van der Waals surface area contributed by atoms with E-state index in [1.54, 1.807) is 4.57 Å². The van der Waals surface area contributed by atoms with Crippen molar-refractivity contribution >= 4 is 21.8 Å². The van der Waals surface area contributed by atoms with Crippen LogP contribution in [0.1, 0.15) is 11.5 Å². The number of aromatic amines is 1. The van der Waals surface area contributed by atoms with Gasteiger partial charge in [0.05, 0.1) is 11.9 Å². The number of rotatable bonds is 4. The Labute approximate surface area is 144 Å². The summed E-state index contributed by atoms with van der Waals surface area (Å²) in [6.45, 7) is 4.63. The standard InChI is InChI=1S/C20H19N3O2/c1-13-12-17-19(21-13)22-14(2)23(20(17)24)10-11-25-18-9-5-7-15-6-3-4-8-16(15)18/h3-9,12,21H,10-11H2,1-2H3. The van der Waals surface area contributed by atoms with Crippen molar-refractivity contribution in [3.05, 3.63) is 70.4 Å². The van der Waals surface area contributed by atoms with E-state index in [1.165, 1.54) is 0 Å². The average molecular weight is 333 g/mol. The topological polar surface area (TPSA) is 59.9 Å². The second-order valence-electron chi connectivity index (χ2n) is 6.16. The molecule has 0 atom stereocenters. The number of hydrogen-bond acceptors (Lipinski definition) is 3. The molecule has 5 nitrogen and oxygen atoms in total. The van der Waals surface area contributed by atoms with Crippen molar-refractivity contribution in [1.29, 1.82) is 0 Å². The maximum absolute atomic E-state index is 12.7. The highest BCUT2D eigenvalue weighted by atomic mass is 16.5. The first kappa shape index (κ1) is 15.4. The van der Waals surface area contributed by atoms with Crippen molar-refractivity contribution in [2.45, 2.75) is 20.4 Å². The lowest BCUT2D eigenvalue weighted by molar-refractivity contribution is 0.298. The number of hydrogen-bond donors (Lipinski definition) is 1. The smallest absolute Gasteiger partial charge is 0.263 e. The maximum atomic E-state index is 12.7. The van der Waals surface area contributed by atoms with Crippen LogP contribution in [0, 0.1) is 13.8 Å². The number of benzene rings is 2. The Morgan fingerprint density at radius 2 is 1.88 bits per heavy atom. The zero-order valence-electron chi connectivity index (χ0n) is 14.2. The van der Waals surface area contributed by atoms with Gasteiger partial charge in [-0.15, -0.1) is 0 Å². The number of fused-ring (bicyclic) bond motifs is 2. The summed E-state index contributed by atoms with van der Waals surface area (Å²) in [5, 5.41) is 2.83. The second kappa shape index (κ2) is 6.09. The molecule has 5 heteroatoms. The van der Waals surface area contributed by atoms with E-state index in [0.717, 1.165) is 22.2 Å². The molecule has 0 saturated heterocycles. The number of nitrogens with one attached hydrogen (secondary N) is 1. The maximum Gasteiger partial charge on any atom is 0.263 e. The van der Waals surface area contributed by atoms with E-state index in [9.17, 15) is 4.79 Å². The van der Waals surface area contributed by atoms with Crippen molar-refractivity contribution in [1.82, 2.24) is 14.5 Å². The molecule has 0 unspecified atom stereocenters. The third-order valence-electron chi connectivity index (χ3n) is 4.39. The van der Waals surface area contributed by atoms with Crippen LogP contribution in [0.5, 0.6) is 5.75 Å². The van der Waals surface area contributed by atoms with Gasteiger partial charge in [0.2, 0.25) is 0 Å². The van der Waals surface area contributed by atoms with Crippen LogP contribution >= 0.6 is 0 Å². The molecule has 0 saturated carbocycles. The van der Waals surface area contributed by atoms with Crippen molar-refractivity contribution in [3.8, 4) is 5.75 Å². The summed E-state index contributed by atoms with van der Waals surface area (Å²) < 4.78 is 7.62. The minimum atomic E-state index is -0.0339. The molecule has 0 aliphatic carbocycles. The molecule has 1 N–H and O–H groups in total. The molecule has 0 amide bonds. The lowest BCUT2D eigenvalue weighted by Crippen LogP contribution is -2.26. The van der Waals surface area contributed by atoms with Gasteiger partial charge in [0.25, 0.3) is 5.56 Å². The Morgan fingerprint density at radius 3 is 2.76 bits per heavy atom. The van der Waals surface area contributed by atoms with Crippen molar-refractivity contribution in [2.75, 3.05) is 6.61 Å². The first-order chi connectivity index (χ1) is 12.1. The van der Waals surface area contributed by atoms with E-state index < -0.39 is 0 Å². The quantitative estimate of drug-likeness (QED) is 0.621. The third kappa shape index (κ3) is 2.78. The molecule has 0 radical (unpaired) electrons. The van der Waals surface area contributed by atoms with Crippen LogP contribution in [0.4, 0.5) is 0 Å². The molecule has 4 rings (SSSR count). The summed E-state index contributed by atoms with van der Waals surface area (Å²) in [7, 11) is 0. The molecular formula is C20H19N3O2. The van der Waals surface area contributed by atoms with E-state index >= 15 is 0 Å². The predicted octanol–water partition coefficient (Wildman–Crippen LogP) is 3.57. The molecule has 4 aromatic rings.